The van der Waals surface area contributed by atoms with Crippen LogP contribution in [0.15, 0.2) is 16.6 Å². The Bertz CT molecular complexity index is 412. The smallest absolute Gasteiger partial charge is 0.140 e. The minimum atomic E-state index is -0.415. The molecule has 5 heteroatoms. The Morgan fingerprint density at radius 2 is 1.88 bits per heavy atom. The van der Waals surface area contributed by atoms with Crippen molar-refractivity contribution >= 4 is 39.1 Å². The molecule has 1 fully saturated rings. The Kier molecular flexibility index (Phi) is 4.59. The number of aliphatic hydroxyl groups excluding tert-OH is 1. The molecule has 1 saturated carbocycles. The van der Waals surface area contributed by atoms with E-state index in [0.29, 0.717) is 15.8 Å². The van der Waals surface area contributed by atoms with E-state index in [4.69, 9.17) is 27.9 Å². The molecule has 0 heterocycles. The van der Waals surface area contributed by atoms with Gasteiger partial charge in [-0.3, -0.25) is 0 Å². The van der Waals surface area contributed by atoms with Crippen molar-refractivity contribution in [3.8, 4) is 5.75 Å². The van der Waals surface area contributed by atoms with Crippen LogP contribution in [0.2, 0.25) is 10.0 Å². The summed E-state index contributed by atoms with van der Waals surface area (Å²) in [5.41, 5.74) is 0. The fourth-order valence-corrected chi connectivity index (χ4v) is 2.81. The third kappa shape index (κ3) is 3.28. The molecule has 2 rings (SSSR count). The Balaban J connectivity index is 2.15. The highest BCUT2D eigenvalue weighted by atomic mass is 79.9. The van der Waals surface area contributed by atoms with Gasteiger partial charge in [-0.1, -0.05) is 29.6 Å². The lowest BCUT2D eigenvalue weighted by molar-refractivity contribution is 0.00693. The van der Waals surface area contributed by atoms with Gasteiger partial charge in [-0.25, -0.2) is 0 Å². The summed E-state index contributed by atoms with van der Waals surface area (Å²) in [6.45, 7) is 0. The summed E-state index contributed by atoms with van der Waals surface area (Å²) in [6, 6.07) is 3.38. The second-order valence-corrected chi connectivity index (χ2v) is 5.87. The van der Waals surface area contributed by atoms with Gasteiger partial charge in [0.25, 0.3) is 0 Å². The average molecular weight is 340 g/mol. The van der Waals surface area contributed by atoms with E-state index in [-0.39, 0.29) is 6.10 Å². The fraction of sp³-hybridized carbons (Fsp3) is 0.500. The van der Waals surface area contributed by atoms with Crippen LogP contribution in [0.3, 0.4) is 0 Å². The summed E-state index contributed by atoms with van der Waals surface area (Å²) in [6.07, 6.45) is 3.16. The van der Waals surface area contributed by atoms with Gasteiger partial charge in [0, 0.05) is 10.5 Å². The highest BCUT2D eigenvalue weighted by Crippen LogP contribution is 2.36. The van der Waals surface area contributed by atoms with Crippen LogP contribution in [0.1, 0.15) is 25.7 Å². The minimum Gasteiger partial charge on any atom is -0.486 e. The third-order valence-electron chi connectivity index (χ3n) is 2.92. The van der Waals surface area contributed by atoms with Crippen LogP contribution < -0.4 is 4.74 Å². The molecule has 1 aromatic carbocycles. The van der Waals surface area contributed by atoms with Gasteiger partial charge in [0.1, 0.15) is 11.9 Å². The number of rotatable bonds is 2. The molecule has 1 aliphatic rings. The zero-order chi connectivity index (χ0) is 12.4. The van der Waals surface area contributed by atoms with Crippen molar-refractivity contribution in [3.05, 3.63) is 26.7 Å². The highest BCUT2D eigenvalue weighted by Gasteiger charge is 2.25. The summed E-state index contributed by atoms with van der Waals surface area (Å²) < 4.78 is 6.48. The lowest BCUT2D eigenvalue weighted by atomic mass is 9.95. The van der Waals surface area contributed by atoms with Crippen molar-refractivity contribution in [1.82, 2.24) is 0 Å². The summed E-state index contributed by atoms with van der Waals surface area (Å²) in [5, 5.41) is 10.9. The number of benzene rings is 1. The van der Waals surface area contributed by atoms with E-state index in [1.54, 1.807) is 12.1 Å². The molecule has 1 N–H and O–H groups in total. The Morgan fingerprint density at radius 1 is 1.18 bits per heavy atom. The van der Waals surface area contributed by atoms with Gasteiger partial charge in [0.05, 0.1) is 16.1 Å². The molecular weight excluding hydrogens is 327 g/mol. The van der Waals surface area contributed by atoms with Crippen LogP contribution in [0, 0.1) is 0 Å². The third-order valence-corrected chi connectivity index (χ3v) is 4.41. The zero-order valence-electron chi connectivity index (χ0n) is 9.13. The van der Waals surface area contributed by atoms with Crippen molar-refractivity contribution in [2.75, 3.05) is 0 Å². The summed E-state index contributed by atoms with van der Waals surface area (Å²) in [4.78, 5) is 0. The van der Waals surface area contributed by atoms with E-state index in [9.17, 15) is 5.11 Å². The molecule has 17 heavy (non-hydrogen) atoms. The molecule has 0 unspecified atom stereocenters. The first kappa shape index (κ1) is 13.5. The maximum atomic E-state index is 9.83. The number of ether oxygens (including phenoxy) is 1. The van der Waals surface area contributed by atoms with Gasteiger partial charge in [0.15, 0.2) is 0 Å². The predicted octanol–water partition coefficient (Wildman–Crippen LogP) is 4.44. The van der Waals surface area contributed by atoms with Gasteiger partial charge in [-0.2, -0.15) is 0 Å². The molecule has 0 aliphatic heterocycles. The van der Waals surface area contributed by atoms with Crippen molar-refractivity contribution in [1.29, 1.82) is 0 Å². The molecule has 1 aliphatic carbocycles. The minimum absolute atomic E-state index is 0.182. The zero-order valence-corrected chi connectivity index (χ0v) is 12.2. The maximum absolute atomic E-state index is 9.83. The highest BCUT2D eigenvalue weighted by molar-refractivity contribution is 9.10. The lowest BCUT2D eigenvalue weighted by Gasteiger charge is -2.28. The summed E-state index contributed by atoms with van der Waals surface area (Å²) in [7, 11) is 0. The normalized spacial score (nSPS) is 24.7. The van der Waals surface area contributed by atoms with Crippen LogP contribution in [0.5, 0.6) is 5.75 Å². The van der Waals surface area contributed by atoms with Gasteiger partial charge < -0.3 is 9.84 Å². The second-order valence-electron chi connectivity index (χ2n) is 4.20. The van der Waals surface area contributed by atoms with Crippen molar-refractivity contribution in [3.63, 3.8) is 0 Å². The molecular formula is C12H13BrCl2O2. The largest absolute Gasteiger partial charge is 0.486 e. The first-order valence-corrected chi connectivity index (χ1v) is 7.12. The van der Waals surface area contributed by atoms with Gasteiger partial charge in [-0.05, 0) is 41.3 Å². The van der Waals surface area contributed by atoms with E-state index in [0.717, 1.165) is 30.2 Å². The van der Waals surface area contributed by atoms with Crippen LogP contribution in [-0.2, 0) is 0 Å². The summed E-state index contributed by atoms with van der Waals surface area (Å²) >= 11 is 15.4. The van der Waals surface area contributed by atoms with E-state index in [1.807, 2.05) is 0 Å². The Morgan fingerprint density at radius 3 is 2.59 bits per heavy atom. The van der Waals surface area contributed by atoms with Gasteiger partial charge >= 0.3 is 0 Å². The van der Waals surface area contributed by atoms with Crippen molar-refractivity contribution < 1.29 is 9.84 Å². The Labute approximate surface area is 119 Å². The fourth-order valence-electron chi connectivity index (χ4n) is 1.97. The molecule has 0 saturated heterocycles. The molecule has 94 valence electrons. The Hall–Kier alpha value is 0.0400. The van der Waals surface area contributed by atoms with Crippen LogP contribution in [0.4, 0.5) is 0 Å². The van der Waals surface area contributed by atoms with Gasteiger partial charge in [-0.15, -0.1) is 0 Å². The van der Waals surface area contributed by atoms with Gasteiger partial charge in [0.2, 0.25) is 0 Å². The second kappa shape index (κ2) is 5.79. The maximum Gasteiger partial charge on any atom is 0.140 e. The van der Waals surface area contributed by atoms with Crippen LogP contribution in [0.25, 0.3) is 0 Å². The molecule has 0 radical (unpaired) electrons. The number of hydrogen-bond acceptors (Lipinski definition) is 2. The van der Waals surface area contributed by atoms with E-state index < -0.39 is 6.10 Å². The number of aliphatic hydroxyl groups is 1. The van der Waals surface area contributed by atoms with Crippen LogP contribution >= 0.6 is 39.1 Å². The molecule has 1 aromatic rings. The quantitative estimate of drug-likeness (QED) is 0.807. The SMILES string of the molecule is O[C@@H]1CCCC[C@H]1Oc1cc(Cl)c(Br)cc1Cl. The number of hydrogen-bond donors (Lipinski definition) is 1. The standard InChI is InChI=1S/C12H13BrCl2O2/c13-7-5-9(15)12(6-8(7)14)17-11-4-2-1-3-10(11)16/h5-6,10-11,16H,1-4H2/t10-,11-/m1/s1. The monoisotopic (exact) mass is 338 g/mol. The predicted molar refractivity (Wildman–Crippen MR) is 73.1 cm³/mol. The van der Waals surface area contributed by atoms with E-state index in [2.05, 4.69) is 15.9 Å². The average Bonchev–Trinajstić information content (AvgIpc) is 2.29. The first-order chi connectivity index (χ1) is 8.08. The lowest BCUT2D eigenvalue weighted by Crippen LogP contribution is -2.34. The first-order valence-electron chi connectivity index (χ1n) is 5.57. The summed E-state index contributed by atoms with van der Waals surface area (Å²) in [5.74, 6) is 0.533. The number of halogens is 3. The molecule has 2 atom stereocenters. The van der Waals surface area contributed by atoms with Crippen molar-refractivity contribution in [2.45, 2.75) is 37.9 Å². The van der Waals surface area contributed by atoms with Crippen LogP contribution in [-0.4, -0.2) is 17.3 Å². The van der Waals surface area contributed by atoms with E-state index in [1.165, 1.54) is 0 Å². The molecule has 0 amide bonds. The molecule has 0 spiro atoms. The van der Waals surface area contributed by atoms with E-state index >= 15 is 0 Å². The molecule has 0 aromatic heterocycles. The molecule has 0 bridgehead atoms. The molecule has 2 nitrogen and oxygen atoms in total. The topological polar surface area (TPSA) is 29.5 Å². The van der Waals surface area contributed by atoms with Crippen molar-refractivity contribution in [2.24, 2.45) is 0 Å².